The normalized spacial score (nSPS) is 23.2. The van der Waals surface area contributed by atoms with Gasteiger partial charge in [-0.2, -0.15) is 0 Å². The number of amides is 1. The van der Waals surface area contributed by atoms with Crippen LogP contribution in [0, 0.1) is 0 Å². The highest BCUT2D eigenvalue weighted by Gasteiger charge is 2.37. The van der Waals surface area contributed by atoms with Crippen molar-refractivity contribution in [3.63, 3.8) is 0 Å². The van der Waals surface area contributed by atoms with Crippen molar-refractivity contribution in [2.45, 2.75) is 51.2 Å². The van der Waals surface area contributed by atoms with Crippen molar-refractivity contribution in [3.05, 3.63) is 29.8 Å². The number of nitrogens with zero attached hydrogens (tertiary/aromatic N) is 2. The maximum atomic E-state index is 12.7. The van der Waals surface area contributed by atoms with E-state index >= 15 is 0 Å². The summed E-state index contributed by atoms with van der Waals surface area (Å²) < 4.78 is 6.00. The number of ether oxygens (including phenoxy) is 1. The Bertz CT molecular complexity index is 540. The lowest BCUT2D eigenvalue weighted by Gasteiger charge is -2.42. The van der Waals surface area contributed by atoms with Gasteiger partial charge in [0.1, 0.15) is 11.9 Å². The molecule has 1 aromatic carbocycles. The molecule has 4 heteroatoms. The van der Waals surface area contributed by atoms with Gasteiger partial charge in [-0.15, -0.1) is 0 Å². The summed E-state index contributed by atoms with van der Waals surface area (Å²) >= 11 is 0. The van der Waals surface area contributed by atoms with E-state index in [0.29, 0.717) is 0 Å². The summed E-state index contributed by atoms with van der Waals surface area (Å²) in [7, 11) is 2.08. The van der Waals surface area contributed by atoms with Gasteiger partial charge in [-0.05, 0) is 50.6 Å². The van der Waals surface area contributed by atoms with Crippen molar-refractivity contribution in [3.8, 4) is 5.75 Å². The van der Waals surface area contributed by atoms with E-state index in [4.69, 9.17) is 4.74 Å². The number of likely N-dealkylation sites (N-methyl/N-ethyl adjacent to an activating group) is 1. The van der Waals surface area contributed by atoms with E-state index in [0.717, 1.165) is 38.2 Å². The molecular formula is C19H28N2O2. The number of aryl methyl sites for hydroxylation is 1. The molecule has 1 atom stereocenters. The zero-order chi connectivity index (χ0) is 16.2. The topological polar surface area (TPSA) is 32.8 Å². The minimum absolute atomic E-state index is 0.0712. The van der Waals surface area contributed by atoms with Crippen LogP contribution in [0.2, 0.25) is 0 Å². The first kappa shape index (κ1) is 16.3. The number of carbonyl (C=O) groups is 1. The second kappa shape index (κ2) is 7.35. The molecule has 4 nitrogen and oxygen atoms in total. The second-order valence-electron chi connectivity index (χ2n) is 6.83. The van der Waals surface area contributed by atoms with Crippen LogP contribution in [-0.2, 0) is 11.2 Å². The highest BCUT2D eigenvalue weighted by Crippen LogP contribution is 2.23. The summed E-state index contributed by atoms with van der Waals surface area (Å²) in [5.74, 6) is 1.21. The fourth-order valence-corrected chi connectivity index (χ4v) is 3.50. The van der Waals surface area contributed by atoms with Gasteiger partial charge >= 0.3 is 0 Å². The smallest absolute Gasteiger partial charge is 0.240 e. The minimum atomic E-state index is 0.0712. The summed E-state index contributed by atoms with van der Waals surface area (Å²) in [5.41, 5.74) is 1.29. The zero-order valence-corrected chi connectivity index (χ0v) is 14.3. The Kier molecular flexibility index (Phi) is 5.21. The Morgan fingerprint density at radius 2 is 2.09 bits per heavy atom. The van der Waals surface area contributed by atoms with Gasteiger partial charge in [0.05, 0.1) is 19.1 Å². The Morgan fingerprint density at radius 1 is 1.26 bits per heavy atom. The summed E-state index contributed by atoms with van der Waals surface area (Å²) in [4.78, 5) is 16.9. The molecule has 0 saturated carbocycles. The molecule has 126 valence electrons. The van der Waals surface area contributed by atoms with E-state index in [-0.39, 0.29) is 18.1 Å². The van der Waals surface area contributed by atoms with Crippen molar-refractivity contribution >= 4 is 5.91 Å². The van der Waals surface area contributed by atoms with Crippen LogP contribution in [0.25, 0.3) is 0 Å². The SMILES string of the molecule is CCc1cccc(OC2CN(C(=O)C3CCCCCN3C)C2)c1. The first-order chi connectivity index (χ1) is 11.2. The molecule has 2 heterocycles. The molecule has 0 radical (unpaired) electrons. The molecule has 2 fully saturated rings. The van der Waals surface area contributed by atoms with Gasteiger partial charge in [-0.3, -0.25) is 9.69 Å². The van der Waals surface area contributed by atoms with Crippen molar-refractivity contribution in [1.29, 1.82) is 0 Å². The van der Waals surface area contributed by atoms with E-state index in [1.807, 2.05) is 17.0 Å². The van der Waals surface area contributed by atoms with E-state index in [1.165, 1.54) is 24.8 Å². The average Bonchev–Trinajstić information content (AvgIpc) is 2.74. The van der Waals surface area contributed by atoms with Crippen LogP contribution in [0.15, 0.2) is 24.3 Å². The zero-order valence-electron chi connectivity index (χ0n) is 14.3. The molecular weight excluding hydrogens is 288 g/mol. The van der Waals surface area contributed by atoms with Crippen LogP contribution in [0.4, 0.5) is 0 Å². The fraction of sp³-hybridized carbons (Fsp3) is 0.632. The van der Waals surface area contributed by atoms with Crippen molar-refractivity contribution in [2.24, 2.45) is 0 Å². The molecule has 2 saturated heterocycles. The molecule has 0 aliphatic carbocycles. The monoisotopic (exact) mass is 316 g/mol. The van der Waals surface area contributed by atoms with Gasteiger partial charge in [-0.25, -0.2) is 0 Å². The summed E-state index contributed by atoms with van der Waals surface area (Å²) in [5, 5.41) is 0. The predicted molar refractivity (Wildman–Crippen MR) is 91.7 cm³/mol. The Balaban J connectivity index is 1.50. The molecule has 0 aromatic heterocycles. The van der Waals surface area contributed by atoms with Crippen molar-refractivity contribution in [2.75, 3.05) is 26.7 Å². The molecule has 3 rings (SSSR count). The Hall–Kier alpha value is -1.55. The van der Waals surface area contributed by atoms with E-state index in [1.54, 1.807) is 0 Å². The molecule has 2 aliphatic heterocycles. The fourth-order valence-electron chi connectivity index (χ4n) is 3.50. The minimum Gasteiger partial charge on any atom is -0.487 e. The number of hydrogen-bond acceptors (Lipinski definition) is 3. The highest BCUT2D eigenvalue weighted by molar-refractivity contribution is 5.82. The van der Waals surface area contributed by atoms with Crippen LogP contribution in [0.3, 0.4) is 0 Å². The quantitative estimate of drug-likeness (QED) is 0.856. The molecule has 0 N–H and O–H groups in total. The largest absolute Gasteiger partial charge is 0.487 e. The number of carbonyl (C=O) groups excluding carboxylic acids is 1. The highest BCUT2D eigenvalue weighted by atomic mass is 16.5. The van der Waals surface area contributed by atoms with E-state index in [9.17, 15) is 4.79 Å². The standard InChI is InChI=1S/C19H28N2O2/c1-3-15-8-7-9-16(12-15)23-17-13-21(14-17)19(22)18-10-5-4-6-11-20(18)2/h7-9,12,17-18H,3-6,10-11,13-14H2,1-2H3. The van der Waals surface area contributed by atoms with Crippen molar-refractivity contribution in [1.82, 2.24) is 9.80 Å². The number of rotatable bonds is 4. The third-order valence-electron chi connectivity index (χ3n) is 5.07. The van der Waals surface area contributed by atoms with Gasteiger partial charge in [0.25, 0.3) is 0 Å². The van der Waals surface area contributed by atoms with Crippen LogP contribution in [0.5, 0.6) is 5.75 Å². The maximum absolute atomic E-state index is 12.7. The number of benzene rings is 1. The van der Waals surface area contributed by atoms with Gasteiger partial charge in [0.15, 0.2) is 0 Å². The Morgan fingerprint density at radius 3 is 2.87 bits per heavy atom. The molecule has 1 unspecified atom stereocenters. The van der Waals surface area contributed by atoms with Crippen LogP contribution in [-0.4, -0.2) is 54.5 Å². The van der Waals surface area contributed by atoms with Gasteiger partial charge < -0.3 is 9.64 Å². The van der Waals surface area contributed by atoms with Crippen LogP contribution in [0.1, 0.15) is 38.2 Å². The van der Waals surface area contributed by atoms with Gasteiger partial charge in [0.2, 0.25) is 5.91 Å². The number of likely N-dealkylation sites (tertiary alicyclic amines) is 2. The Labute approximate surface area is 139 Å². The second-order valence-corrected chi connectivity index (χ2v) is 6.83. The van der Waals surface area contributed by atoms with Gasteiger partial charge in [0, 0.05) is 0 Å². The van der Waals surface area contributed by atoms with E-state index in [2.05, 4.69) is 31.0 Å². The first-order valence-electron chi connectivity index (χ1n) is 8.92. The van der Waals surface area contributed by atoms with Crippen LogP contribution >= 0.6 is 0 Å². The third kappa shape index (κ3) is 3.86. The summed E-state index contributed by atoms with van der Waals surface area (Å²) in [6, 6.07) is 8.33. The molecule has 1 amide bonds. The van der Waals surface area contributed by atoms with Crippen molar-refractivity contribution < 1.29 is 9.53 Å². The van der Waals surface area contributed by atoms with Gasteiger partial charge in [-0.1, -0.05) is 31.9 Å². The number of hydrogen-bond donors (Lipinski definition) is 0. The average molecular weight is 316 g/mol. The molecule has 1 aromatic rings. The third-order valence-corrected chi connectivity index (χ3v) is 5.07. The maximum Gasteiger partial charge on any atom is 0.240 e. The molecule has 0 bridgehead atoms. The molecule has 2 aliphatic rings. The van der Waals surface area contributed by atoms with E-state index < -0.39 is 0 Å². The lowest BCUT2D eigenvalue weighted by atomic mass is 10.0. The predicted octanol–water partition coefficient (Wildman–Crippen LogP) is 2.71. The van der Waals surface area contributed by atoms with Crippen LogP contribution < -0.4 is 4.74 Å². The lowest BCUT2D eigenvalue weighted by Crippen LogP contribution is -2.60. The summed E-state index contributed by atoms with van der Waals surface area (Å²) in [6.45, 7) is 4.62. The first-order valence-corrected chi connectivity index (χ1v) is 8.92. The lowest BCUT2D eigenvalue weighted by molar-refractivity contribution is -0.145. The molecule has 0 spiro atoms. The molecule has 23 heavy (non-hydrogen) atoms. The summed E-state index contributed by atoms with van der Waals surface area (Å²) in [6.07, 6.45) is 5.77.